The quantitative estimate of drug-likeness (QED) is 0.569. The summed E-state index contributed by atoms with van der Waals surface area (Å²) in [6.45, 7) is 5.15. The van der Waals surface area contributed by atoms with Crippen molar-refractivity contribution < 1.29 is 13.0 Å². The van der Waals surface area contributed by atoms with Crippen LogP contribution in [0.15, 0.2) is 24.3 Å². The van der Waals surface area contributed by atoms with Gasteiger partial charge in [-0.1, -0.05) is 20.3 Å². The minimum atomic E-state index is -4.20. The van der Waals surface area contributed by atoms with Crippen LogP contribution in [0, 0.1) is 0 Å². The molecule has 0 aliphatic heterocycles. The lowest BCUT2D eigenvalue weighted by Gasteiger charge is -2.20. The standard InChI is InChI=1S/C13H22N2O3S/c1-3-5-10-14-12-6-8-13(9-7-12)15(11-4-2)19(16,17)18/h6-9,14H,3-5,10-11H2,1-2H3,(H,16,17,18). The smallest absolute Gasteiger partial charge is 0.359 e. The number of unbranched alkanes of at least 4 members (excludes halogenated alkanes) is 1. The molecule has 0 heterocycles. The van der Waals surface area contributed by atoms with Gasteiger partial charge < -0.3 is 5.32 Å². The number of hydrogen-bond acceptors (Lipinski definition) is 3. The molecule has 0 radical (unpaired) electrons. The monoisotopic (exact) mass is 286 g/mol. The first-order valence-corrected chi connectivity index (χ1v) is 7.97. The van der Waals surface area contributed by atoms with Crippen molar-refractivity contribution in [3.05, 3.63) is 24.3 Å². The van der Waals surface area contributed by atoms with E-state index < -0.39 is 10.3 Å². The molecule has 2 N–H and O–H groups in total. The fraction of sp³-hybridized carbons (Fsp3) is 0.538. The van der Waals surface area contributed by atoms with Crippen molar-refractivity contribution in [1.29, 1.82) is 0 Å². The number of benzene rings is 1. The van der Waals surface area contributed by atoms with Crippen molar-refractivity contribution in [3.8, 4) is 0 Å². The van der Waals surface area contributed by atoms with E-state index in [1.807, 2.05) is 19.1 Å². The molecular weight excluding hydrogens is 264 g/mol. The number of anilines is 2. The second-order valence-corrected chi connectivity index (χ2v) is 5.71. The van der Waals surface area contributed by atoms with Crippen LogP contribution in [-0.2, 0) is 10.3 Å². The summed E-state index contributed by atoms with van der Waals surface area (Å²) in [5.74, 6) is 0. The largest absolute Gasteiger partial charge is 0.385 e. The summed E-state index contributed by atoms with van der Waals surface area (Å²) in [7, 11) is -4.20. The minimum Gasteiger partial charge on any atom is -0.385 e. The van der Waals surface area contributed by atoms with Crippen molar-refractivity contribution in [1.82, 2.24) is 0 Å². The molecule has 0 amide bonds. The van der Waals surface area contributed by atoms with E-state index in [-0.39, 0.29) is 6.54 Å². The Balaban J connectivity index is 2.78. The van der Waals surface area contributed by atoms with Crippen LogP contribution in [0.2, 0.25) is 0 Å². The molecule has 1 aromatic carbocycles. The van der Waals surface area contributed by atoms with Gasteiger partial charge in [-0.15, -0.1) is 0 Å². The molecule has 0 unspecified atom stereocenters. The topological polar surface area (TPSA) is 69.6 Å². The predicted molar refractivity (Wildman–Crippen MR) is 79.0 cm³/mol. The third-order valence-electron chi connectivity index (χ3n) is 2.72. The zero-order valence-electron chi connectivity index (χ0n) is 11.5. The van der Waals surface area contributed by atoms with Crippen LogP contribution >= 0.6 is 0 Å². The highest BCUT2D eigenvalue weighted by atomic mass is 32.2. The Kier molecular flexibility index (Phi) is 6.11. The van der Waals surface area contributed by atoms with Crippen LogP contribution < -0.4 is 9.62 Å². The maximum absolute atomic E-state index is 11.3. The summed E-state index contributed by atoms with van der Waals surface area (Å²) in [6.07, 6.45) is 2.85. The number of nitrogens with zero attached hydrogens (tertiary/aromatic N) is 1. The highest BCUT2D eigenvalue weighted by molar-refractivity contribution is 7.87. The van der Waals surface area contributed by atoms with Crippen molar-refractivity contribution in [2.45, 2.75) is 33.1 Å². The Morgan fingerprint density at radius 2 is 1.79 bits per heavy atom. The van der Waals surface area contributed by atoms with E-state index in [4.69, 9.17) is 0 Å². The predicted octanol–water partition coefficient (Wildman–Crippen LogP) is 2.92. The molecule has 108 valence electrons. The average Bonchev–Trinajstić information content (AvgIpc) is 2.36. The van der Waals surface area contributed by atoms with Crippen molar-refractivity contribution in [2.24, 2.45) is 0 Å². The molecule has 19 heavy (non-hydrogen) atoms. The first kappa shape index (κ1) is 15.8. The molecule has 0 saturated heterocycles. The average molecular weight is 286 g/mol. The summed E-state index contributed by atoms with van der Waals surface area (Å²) >= 11 is 0. The Labute approximate surface area is 115 Å². The van der Waals surface area contributed by atoms with Crippen LogP contribution in [0.25, 0.3) is 0 Å². The van der Waals surface area contributed by atoms with Crippen LogP contribution in [-0.4, -0.2) is 26.1 Å². The molecule has 0 aliphatic carbocycles. The summed E-state index contributed by atoms with van der Waals surface area (Å²) in [4.78, 5) is 0. The van der Waals surface area contributed by atoms with Crippen LogP contribution in [0.5, 0.6) is 0 Å². The van der Waals surface area contributed by atoms with Gasteiger partial charge in [0.2, 0.25) is 0 Å². The zero-order valence-corrected chi connectivity index (χ0v) is 12.3. The van der Waals surface area contributed by atoms with Gasteiger partial charge in [-0.05, 0) is 37.1 Å². The van der Waals surface area contributed by atoms with Crippen molar-refractivity contribution in [3.63, 3.8) is 0 Å². The molecule has 0 atom stereocenters. The van der Waals surface area contributed by atoms with E-state index in [2.05, 4.69) is 12.2 Å². The fourth-order valence-corrected chi connectivity index (χ4v) is 2.54. The molecule has 0 fully saturated rings. The molecule has 0 aromatic heterocycles. The third kappa shape index (κ3) is 5.08. The fourth-order valence-electron chi connectivity index (χ4n) is 1.74. The Hall–Kier alpha value is -1.27. The van der Waals surface area contributed by atoms with Crippen LogP contribution in [0.4, 0.5) is 11.4 Å². The van der Waals surface area contributed by atoms with Gasteiger partial charge in [0.25, 0.3) is 0 Å². The van der Waals surface area contributed by atoms with E-state index in [9.17, 15) is 13.0 Å². The van der Waals surface area contributed by atoms with Gasteiger partial charge in [-0.25, -0.2) is 4.31 Å². The number of hydrogen-bond donors (Lipinski definition) is 2. The SMILES string of the molecule is CCCCNc1ccc(N(CCC)S(=O)(=O)O)cc1. The lowest BCUT2D eigenvalue weighted by atomic mass is 10.2. The number of rotatable bonds is 8. The van der Waals surface area contributed by atoms with Gasteiger partial charge in [0.05, 0.1) is 5.69 Å². The number of nitrogens with one attached hydrogen (secondary N) is 1. The molecule has 0 aliphatic rings. The van der Waals surface area contributed by atoms with E-state index in [1.165, 1.54) is 0 Å². The van der Waals surface area contributed by atoms with Gasteiger partial charge in [0, 0.05) is 18.8 Å². The van der Waals surface area contributed by atoms with Crippen LogP contribution in [0.1, 0.15) is 33.1 Å². The van der Waals surface area contributed by atoms with Gasteiger partial charge in [0.15, 0.2) is 0 Å². The molecule has 5 nitrogen and oxygen atoms in total. The maximum atomic E-state index is 11.3. The lowest BCUT2D eigenvalue weighted by molar-refractivity contribution is 0.477. The lowest BCUT2D eigenvalue weighted by Crippen LogP contribution is -2.30. The second-order valence-electron chi connectivity index (χ2n) is 4.38. The third-order valence-corrected chi connectivity index (χ3v) is 3.67. The van der Waals surface area contributed by atoms with Gasteiger partial charge in [-0.2, -0.15) is 8.42 Å². The first-order chi connectivity index (χ1) is 8.99. The summed E-state index contributed by atoms with van der Waals surface area (Å²) in [5.41, 5.74) is 1.43. The van der Waals surface area contributed by atoms with Gasteiger partial charge >= 0.3 is 10.3 Å². The Bertz CT molecular complexity index is 471. The minimum absolute atomic E-state index is 0.265. The summed E-state index contributed by atoms with van der Waals surface area (Å²) < 4.78 is 32.8. The molecular formula is C13H22N2O3S. The first-order valence-electron chi connectivity index (χ1n) is 6.58. The molecule has 0 spiro atoms. The van der Waals surface area contributed by atoms with E-state index in [1.54, 1.807) is 12.1 Å². The van der Waals surface area contributed by atoms with E-state index in [0.717, 1.165) is 29.4 Å². The highest BCUT2D eigenvalue weighted by Gasteiger charge is 2.18. The van der Waals surface area contributed by atoms with E-state index >= 15 is 0 Å². The Morgan fingerprint density at radius 3 is 2.26 bits per heavy atom. The molecule has 6 heteroatoms. The van der Waals surface area contributed by atoms with E-state index in [0.29, 0.717) is 12.1 Å². The van der Waals surface area contributed by atoms with Crippen LogP contribution in [0.3, 0.4) is 0 Å². The van der Waals surface area contributed by atoms with Crippen molar-refractivity contribution in [2.75, 3.05) is 22.7 Å². The van der Waals surface area contributed by atoms with Crippen molar-refractivity contribution >= 4 is 21.7 Å². The molecule has 0 saturated carbocycles. The maximum Gasteiger partial charge on any atom is 0.359 e. The summed E-state index contributed by atoms with van der Waals surface area (Å²) in [6, 6.07) is 7.02. The molecule has 1 aromatic rings. The normalized spacial score (nSPS) is 11.3. The highest BCUT2D eigenvalue weighted by Crippen LogP contribution is 2.20. The second kappa shape index (κ2) is 7.35. The molecule has 1 rings (SSSR count). The molecule has 0 bridgehead atoms. The Morgan fingerprint density at radius 1 is 1.16 bits per heavy atom. The zero-order chi connectivity index (χ0) is 14.3. The van der Waals surface area contributed by atoms with Gasteiger partial charge in [-0.3, -0.25) is 4.55 Å². The van der Waals surface area contributed by atoms with Gasteiger partial charge in [0.1, 0.15) is 0 Å². The summed E-state index contributed by atoms with van der Waals surface area (Å²) in [5, 5.41) is 3.25.